The van der Waals surface area contributed by atoms with Crippen molar-refractivity contribution < 1.29 is 5.11 Å². The van der Waals surface area contributed by atoms with Crippen LogP contribution >= 0.6 is 12.6 Å². The number of fused-ring (bicyclic) bond motifs is 1. The van der Waals surface area contributed by atoms with Crippen molar-refractivity contribution in [1.82, 2.24) is 0 Å². The highest BCUT2D eigenvalue weighted by molar-refractivity contribution is 7.80. The van der Waals surface area contributed by atoms with E-state index < -0.39 is 0 Å². The number of aryl methyl sites for hydroxylation is 1. The van der Waals surface area contributed by atoms with Gasteiger partial charge in [-0.2, -0.15) is 0 Å². The first kappa shape index (κ1) is 7.04. The van der Waals surface area contributed by atoms with Gasteiger partial charge in [-0.15, -0.1) is 12.6 Å². The van der Waals surface area contributed by atoms with Gasteiger partial charge in [0, 0.05) is 4.90 Å². The minimum atomic E-state index is 0.421. The molecule has 0 bridgehead atoms. The van der Waals surface area contributed by atoms with E-state index in [0.29, 0.717) is 5.75 Å². The number of phenols is 1. The molecule has 0 heterocycles. The van der Waals surface area contributed by atoms with Gasteiger partial charge in [-0.05, 0) is 42.5 Å². The monoisotopic (exact) mass is 166 g/mol. The summed E-state index contributed by atoms with van der Waals surface area (Å²) in [6.07, 6.45) is 3.28. The predicted molar refractivity (Wildman–Crippen MR) is 47.4 cm³/mol. The molecule has 0 saturated carbocycles. The number of hydrogen-bond acceptors (Lipinski definition) is 2. The fraction of sp³-hybridized carbons (Fsp3) is 0.333. The van der Waals surface area contributed by atoms with Gasteiger partial charge in [0.05, 0.1) is 0 Å². The average molecular weight is 166 g/mol. The van der Waals surface area contributed by atoms with Gasteiger partial charge in [-0.3, -0.25) is 0 Å². The van der Waals surface area contributed by atoms with Gasteiger partial charge >= 0.3 is 0 Å². The van der Waals surface area contributed by atoms with Crippen LogP contribution in [0, 0.1) is 0 Å². The first-order chi connectivity index (χ1) is 5.27. The lowest BCUT2D eigenvalue weighted by molar-refractivity contribution is 0.467. The molecule has 0 atom stereocenters. The summed E-state index contributed by atoms with van der Waals surface area (Å²) in [5.74, 6) is 0.421. The number of hydrogen-bond donors (Lipinski definition) is 2. The second-order valence-corrected chi connectivity index (χ2v) is 3.47. The van der Waals surface area contributed by atoms with Crippen molar-refractivity contribution in [3.63, 3.8) is 0 Å². The Morgan fingerprint density at radius 1 is 1.27 bits per heavy atom. The number of aromatic hydroxyl groups is 1. The van der Waals surface area contributed by atoms with Crippen LogP contribution in [0.2, 0.25) is 0 Å². The molecule has 0 aromatic heterocycles. The lowest BCUT2D eigenvalue weighted by Gasteiger charge is -2.02. The molecule has 0 saturated heterocycles. The zero-order valence-electron chi connectivity index (χ0n) is 6.17. The molecular formula is C9H10OS. The van der Waals surface area contributed by atoms with Crippen LogP contribution in [0.15, 0.2) is 17.0 Å². The molecule has 0 fully saturated rings. The number of rotatable bonds is 0. The minimum absolute atomic E-state index is 0.421. The molecule has 58 valence electrons. The average Bonchev–Trinajstić information content (AvgIpc) is 2.34. The Bertz CT molecular complexity index is 294. The van der Waals surface area contributed by atoms with Gasteiger partial charge < -0.3 is 5.11 Å². The maximum absolute atomic E-state index is 9.46. The summed E-state index contributed by atoms with van der Waals surface area (Å²) in [4.78, 5) is 0.864. The number of benzene rings is 1. The van der Waals surface area contributed by atoms with Crippen LogP contribution in [0.4, 0.5) is 0 Å². The van der Waals surface area contributed by atoms with Gasteiger partial charge in [0.25, 0.3) is 0 Å². The lowest BCUT2D eigenvalue weighted by Crippen LogP contribution is -1.82. The quantitative estimate of drug-likeness (QED) is 0.566. The number of thiol groups is 1. The Balaban J connectivity index is 2.60. The highest BCUT2D eigenvalue weighted by Gasteiger charge is 2.14. The third-order valence-electron chi connectivity index (χ3n) is 2.18. The standard InChI is InChI=1S/C9H10OS/c10-9-5-7(11)4-6-2-1-3-8(6)9/h4-5,10-11H,1-3H2. The molecule has 11 heavy (non-hydrogen) atoms. The van der Waals surface area contributed by atoms with Crippen LogP contribution in [0.1, 0.15) is 17.5 Å². The Kier molecular flexibility index (Phi) is 1.57. The van der Waals surface area contributed by atoms with Crippen molar-refractivity contribution in [2.75, 3.05) is 0 Å². The van der Waals surface area contributed by atoms with Crippen molar-refractivity contribution >= 4 is 12.6 Å². The molecule has 1 N–H and O–H groups in total. The van der Waals surface area contributed by atoms with E-state index in [0.717, 1.165) is 23.3 Å². The van der Waals surface area contributed by atoms with Crippen molar-refractivity contribution in [2.24, 2.45) is 0 Å². The molecule has 0 spiro atoms. The van der Waals surface area contributed by atoms with Crippen LogP contribution in [-0.2, 0) is 12.8 Å². The second-order valence-electron chi connectivity index (χ2n) is 2.96. The third kappa shape index (κ3) is 1.11. The van der Waals surface area contributed by atoms with Crippen molar-refractivity contribution in [1.29, 1.82) is 0 Å². The minimum Gasteiger partial charge on any atom is -0.508 e. The van der Waals surface area contributed by atoms with Crippen LogP contribution in [0.25, 0.3) is 0 Å². The zero-order chi connectivity index (χ0) is 7.84. The summed E-state index contributed by atoms with van der Waals surface area (Å²) >= 11 is 4.19. The van der Waals surface area contributed by atoms with E-state index in [2.05, 4.69) is 12.6 Å². The molecule has 1 nitrogen and oxygen atoms in total. The van der Waals surface area contributed by atoms with Gasteiger partial charge in [0.15, 0.2) is 0 Å². The molecule has 1 aliphatic carbocycles. The fourth-order valence-electron chi connectivity index (χ4n) is 1.67. The topological polar surface area (TPSA) is 20.2 Å². The zero-order valence-corrected chi connectivity index (χ0v) is 7.06. The van der Waals surface area contributed by atoms with Crippen molar-refractivity contribution in [2.45, 2.75) is 24.2 Å². The predicted octanol–water partition coefficient (Wildman–Crippen LogP) is 2.17. The summed E-state index contributed by atoms with van der Waals surface area (Å²) in [5.41, 5.74) is 2.40. The van der Waals surface area contributed by atoms with Gasteiger partial charge in [-0.25, -0.2) is 0 Å². The summed E-state index contributed by atoms with van der Waals surface area (Å²) in [6, 6.07) is 3.76. The SMILES string of the molecule is Oc1cc(S)cc2c1CCC2. The summed E-state index contributed by atoms with van der Waals surface area (Å²) in [7, 11) is 0. The highest BCUT2D eigenvalue weighted by Crippen LogP contribution is 2.32. The van der Waals surface area contributed by atoms with Crippen LogP contribution in [0.5, 0.6) is 5.75 Å². The third-order valence-corrected chi connectivity index (χ3v) is 2.43. The number of phenolic OH excluding ortho intramolecular Hbond substituents is 1. The molecule has 0 aliphatic heterocycles. The molecule has 1 aromatic carbocycles. The van der Waals surface area contributed by atoms with Crippen LogP contribution < -0.4 is 0 Å². The Morgan fingerprint density at radius 2 is 2.09 bits per heavy atom. The molecular weight excluding hydrogens is 156 g/mol. The molecule has 0 amide bonds. The first-order valence-electron chi connectivity index (χ1n) is 3.81. The molecule has 1 aromatic rings. The first-order valence-corrected chi connectivity index (χ1v) is 4.26. The van der Waals surface area contributed by atoms with Gasteiger partial charge in [0.1, 0.15) is 5.75 Å². The Labute approximate surface area is 71.5 Å². The smallest absolute Gasteiger partial charge is 0.120 e. The van der Waals surface area contributed by atoms with Crippen LogP contribution in [0.3, 0.4) is 0 Å². The van der Waals surface area contributed by atoms with E-state index in [1.165, 1.54) is 12.0 Å². The van der Waals surface area contributed by atoms with Crippen molar-refractivity contribution in [3.05, 3.63) is 23.3 Å². The largest absolute Gasteiger partial charge is 0.508 e. The maximum atomic E-state index is 9.46. The molecule has 2 heteroatoms. The Morgan fingerprint density at radius 3 is 2.91 bits per heavy atom. The summed E-state index contributed by atoms with van der Waals surface area (Å²) < 4.78 is 0. The summed E-state index contributed by atoms with van der Waals surface area (Å²) in [5, 5.41) is 9.46. The lowest BCUT2D eigenvalue weighted by atomic mass is 10.1. The van der Waals surface area contributed by atoms with E-state index in [9.17, 15) is 5.11 Å². The van der Waals surface area contributed by atoms with Gasteiger partial charge in [0.2, 0.25) is 0 Å². The summed E-state index contributed by atoms with van der Waals surface area (Å²) in [6.45, 7) is 0. The van der Waals surface area contributed by atoms with E-state index >= 15 is 0 Å². The highest BCUT2D eigenvalue weighted by atomic mass is 32.1. The normalized spacial score (nSPS) is 15.0. The van der Waals surface area contributed by atoms with Crippen LogP contribution in [-0.4, -0.2) is 5.11 Å². The van der Waals surface area contributed by atoms with E-state index in [1.807, 2.05) is 6.07 Å². The van der Waals surface area contributed by atoms with E-state index in [-0.39, 0.29) is 0 Å². The Hall–Kier alpha value is -0.630. The van der Waals surface area contributed by atoms with Crippen molar-refractivity contribution in [3.8, 4) is 5.75 Å². The van der Waals surface area contributed by atoms with E-state index in [4.69, 9.17) is 0 Å². The molecule has 0 radical (unpaired) electrons. The fourth-order valence-corrected chi connectivity index (χ4v) is 1.94. The van der Waals surface area contributed by atoms with Gasteiger partial charge in [-0.1, -0.05) is 0 Å². The second kappa shape index (κ2) is 2.45. The molecule has 2 rings (SSSR count). The maximum Gasteiger partial charge on any atom is 0.120 e. The molecule has 0 unspecified atom stereocenters. The molecule has 1 aliphatic rings. The van der Waals surface area contributed by atoms with E-state index in [1.54, 1.807) is 6.07 Å².